The second-order valence-electron chi connectivity index (χ2n) is 5.54. The number of aromatic nitrogens is 1. The van der Waals surface area contributed by atoms with Crippen molar-refractivity contribution in [3.8, 4) is 0 Å². The van der Waals surface area contributed by atoms with Gasteiger partial charge >= 0.3 is 5.69 Å². The van der Waals surface area contributed by atoms with Crippen molar-refractivity contribution in [2.24, 2.45) is 0 Å². The Balaban J connectivity index is 2.14. The summed E-state index contributed by atoms with van der Waals surface area (Å²) in [7, 11) is 0. The average Bonchev–Trinajstić information content (AvgIpc) is 2.42. The number of nitrogens with zero attached hydrogens (tertiary/aromatic N) is 2. The van der Waals surface area contributed by atoms with E-state index in [2.05, 4.69) is 15.6 Å². The summed E-state index contributed by atoms with van der Waals surface area (Å²) in [5, 5.41) is 17.6. The molecule has 1 saturated carbocycles. The lowest BCUT2D eigenvalue weighted by atomic mass is 9.97. The maximum atomic E-state index is 11.2. The first-order valence-electron chi connectivity index (χ1n) is 7.86. The van der Waals surface area contributed by atoms with Crippen LogP contribution in [0.3, 0.4) is 0 Å². The van der Waals surface area contributed by atoms with Crippen molar-refractivity contribution >= 4 is 17.3 Å². The number of rotatable bonds is 5. The van der Waals surface area contributed by atoms with Crippen molar-refractivity contribution in [2.75, 3.05) is 17.2 Å². The maximum Gasteiger partial charge on any atom is 0.311 e. The number of nitrogens with one attached hydrogen (secondary N) is 2. The number of hydrogen-bond donors (Lipinski definition) is 2. The van der Waals surface area contributed by atoms with E-state index >= 15 is 0 Å². The highest BCUT2D eigenvalue weighted by Crippen LogP contribution is 2.27. The predicted molar refractivity (Wildman–Crippen MR) is 84.8 cm³/mol. The molecule has 116 valence electrons. The van der Waals surface area contributed by atoms with Crippen molar-refractivity contribution in [3.05, 3.63) is 22.2 Å². The van der Waals surface area contributed by atoms with Gasteiger partial charge in [0.1, 0.15) is 5.82 Å². The van der Waals surface area contributed by atoms with E-state index in [9.17, 15) is 10.1 Å². The van der Waals surface area contributed by atoms with Gasteiger partial charge in [-0.1, -0.05) is 32.1 Å². The Hall–Kier alpha value is -1.85. The largest absolute Gasteiger partial charge is 0.370 e. The molecular weight excluding hydrogens is 268 g/mol. The normalized spacial score (nSPS) is 16.8. The van der Waals surface area contributed by atoms with Crippen LogP contribution in [0.4, 0.5) is 17.3 Å². The molecule has 0 aromatic carbocycles. The van der Waals surface area contributed by atoms with E-state index in [0.29, 0.717) is 11.6 Å². The summed E-state index contributed by atoms with van der Waals surface area (Å²) < 4.78 is 0. The van der Waals surface area contributed by atoms with E-state index in [1.165, 1.54) is 38.2 Å². The van der Waals surface area contributed by atoms with Crippen LogP contribution < -0.4 is 10.6 Å². The Kier molecular flexibility index (Phi) is 5.78. The molecule has 0 aliphatic heterocycles. The van der Waals surface area contributed by atoms with E-state index < -0.39 is 0 Å². The summed E-state index contributed by atoms with van der Waals surface area (Å²) >= 11 is 0. The Morgan fingerprint density at radius 1 is 1.24 bits per heavy atom. The monoisotopic (exact) mass is 292 g/mol. The molecule has 6 nitrogen and oxygen atoms in total. The van der Waals surface area contributed by atoms with Gasteiger partial charge in [0.05, 0.1) is 4.92 Å². The molecule has 0 bridgehead atoms. The van der Waals surface area contributed by atoms with Gasteiger partial charge in [-0.3, -0.25) is 10.1 Å². The van der Waals surface area contributed by atoms with Gasteiger partial charge < -0.3 is 10.6 Å². The molecule has 2 N–H and O–H groups in total. The number of pyridine rings is 1. The van der Waals surface area contributed by atoms with E-state index in [1.54, 1.807) is 6.07 Å². The quantitative estimate of drug-likeness (QED) is 0.634. The zero-order valence-electron chi connectivity index (χ0n) is 12.6. The highest BCUT2D eigenvalue weighted by molar-refractivity contribution is 5.60. The summed E-state index contributed by atoms with van der Waals surface area (Å²) in [4.78, 5) is 15.2. The molecule has 0 saturated heterocycles. The molecule has 2 rings (SSSR count). The number of anilines is 2. The van der Waals surface area contributed by atoms with Crippen LogP contribution in [0.15, 0.2) is 12.1 Å². The summed E-state index contributed by atoms with van der Waals surface area (Å²) in [6.07, 6.45) is 8.29. The standard InChI is InChI=1S/C15H24N4O2/c1-2-16-14-11-10-13(19(20)21)15(18-14)17-12-8-6-4-3-5-7-9-12/h10-12H,2-9H2,1H3,(H2,16,17,18). The second-order valence-corrected chi connectivity index (χ2v) is 5.54. The minimum absolute atomic E-state index is 0.0544. The van der Waals surface area contributed by atoms with Crippen LogP contribution in [0, 0.1) is 10.1 Å². The molecule has 0 radical (unpaired) electrons. The molecule has 0 unspecified atom stereocenters. The van der Waals surface area contributed by atoms with Gasteiger partial charge in [0.15, 0.2) is 0 Å². The van der Waals surface area contributed by atoms with Crippen molar-refractivity contribution in [3.63, 3.8) is 0 Å². The highest BCUT2D eigenvalue weighted by Gasteiger charge is 2.20. The Morgan fingerprint density at radius 2 is 1.90 bits per heavy atom. The third kappa shape index (κ3) is 4.58. The van der Waals surface area contributed by atoms with Gasteiger partial charge in [-0.05, 0) is 25.8 Å². The molecule has 1 aromatic rings. The zero-order chi connectivity index (χ0) is 15.1. The highest BCUT2D eigenvalue weighted by atomic mass is 16.6. The van der Waals surface area contributed by atoms with Crippen LogP contribution >= 0.6 is 0 Å². The number of hydrogen-bond acceptors (Lipinski definition) is 5. The summed E-state index contributed by atoms with van der Waals surface area (Å²) in [6, 6.07) is 3.47. The molecule has 21 heavy (non-hydrogen) atoms. The fraction of sp³-hybridized carbons (Fsp3) is 0.667. The minimum Gasteiger partial charge on any atom is -0.370 e. The van der Waals surface area contributed by atoms with Crippen LogP contribution in [0.2, 0.25) is 0 Å². The summed E-state index contributed by atoms with van der Waals surface area (Å²) in [6.45, 7) is 2.72. The molecule has 1 heterocycles. The maximum absolute atomic E-state index is 11.2. The van der Waals surface area contributed by atoms with Crippen molar-refractivity contribution in [1.29, 1.82) is 0 Å². The van der Waals surface area contributed by atoms with Crippen LogP contribution in [0.5, 0.6) is 0 Å². The van der Waals surface area contributed by atoms with E-state index in [0.717, 1.165) is 19.4 Å². The molecule has 0 atom stereocenters. The van der Waals surface area contributed by atoms with Gasteiger partial charge in [-0.2, -0.15) is 0 Å². The van der Waals surface area contributed by atoms with Gasteiger partial charge in [-0.25, -0.2) is 4.98 Å². The lowest BCUT2D eigenvalue weighted by Crippen LogP contribution is -2.22. The molecule has 0 spiro atoms. The van der Waals surface area contributed by atoms with Gasteiger partial charge in [0.25, 0.3) is 0 Å². The molecular formula is C15H24N4O2. The predicted octanol–water partition coefficient (Wildman–Crippen LogP) is 3.95. The van der Waals surface area contributed by atoms with E-state index in [-0.39, 0.29) is 16.7 Å². The molecule has 0 amide bonds. The zero-order valence-corrected chi connectivity index (χ0v) is 12.6. The van der Waals surface area contributed by atoms with Crippen molar-refractivity contribution < 1.29 is 4.92 Å². The first-order chi connectivity index (χ1) is 10.2. The van der Waals surface area contributed by atoms with Crippen LogP contribution in [-0.2, 0) is 0 Å². The van der Waals surface area contributed by atoms with Crippen LogP contribution in [-0.4, -0.2) is 22.5 Å². The molecule has 6 heteroatoms. The Labute approximate surface area is 125 Å². The third-order valence-electron chi connectivity index (χ3n) is 3.87. The summed E-state index contributed by atoms with van der Waals surface area (Å²) in [5.41, 5.74) is 0.0544. The lowest BCUT2D eigenvalue weighted by molar-refractivity contribution is -0.384. The average molecular weight is 292 g/mol. The van der Waals surface area contributed by atoms with Gasteiger partial charge in [0, 0.05) is 18.7 Å². The van der Waals surface area contributed by atoms with Crippen LogP contribution in [0.25, 0.3) is 0 Å². The topological polar surface area (TPSA) is 80.1 Å². The first kappa shape index (κ1) is 15.5. The molecule has 1 aliphatic carbocycles. The second kappa shape index (κ2) is 7.81. The Bertz CT molecular complexity index is 471. The molecule has 1 fully saturated rings. The van der Waals surface area contributed by atoms with E-state index in [1.807, 2.05) is 6.92 Å². The number of nitro groups is 1. The molecule has 1 aliphatic rings. The fourth-order valence-corrected chi connectivity index (χ4v) is 2.78. The molecule has 1 aromatic heterocycles. The first-order valence-corrected chi connectivity index (χ1v) is 7.86. The van der Waals surface area contributed by atoms with Crippen LogP contribution in [0.1, 0.15) is 51.9 Å². The minimum atomic E-state index is -0.367. The van der Waals surface area contributed by atoms with Crippen molar-refractivity contribution in [1.82, 2.24) is 4.98 Å². The SMILES string of the molecule is CCNc1ccc([N+](=O)[O-])c(NC2CCCCCCC2)n1. The van der Waals surface area contributed by atoms with Gasteiger partial charge in [-0.15, -0.1) is 0 Å². The summed E-state index contributed by atoms with van der Waals surface area (Å²) in [5.74, 6) is 1.07. The third-order valence-corrected chi connectivity index (χ3v) is 3.87. The smallest absolute Gasteiger partial charge is 0.311 e. The fourth-order valence-electron chi connectivity index (χ4n) is 2.78. The lowest BCUT2D eigenvalue weighted by Gasteiger charge is -2.21. The van der Waals surface area contributed by atoms with Crippen molar-refractivity contribution in [2.45, 2.75) is 57.9 Å². The Morgan fingerprint density at radius 3 is 2.52 bits per heavy atom. The van der Waals surface area contributed by atoms with Gasteiger partial charge in [0.2, 0.25) is 5.82 Å². The van der Waals surface area contributed by atoms with E-state index in [4.69, 9.17) is 0 Å².